The number of hydrogen-bond acceptors (Lipinski definition) is 3. The van der Waals surface area contributed by atoms with Crippen molar-refractivity contribution < 1.29 is 0 Å². The molecule has 0 amide bonds. The topological polar surface area (TPSA) is 58.6 Å². The molecule has 0 aliphatic heterocycles. The fourth-order valence-corrected chi connectivity index (χ4v) is 1.70. The predicted octanol–water partition coefficient (Wildman–Crippen LogP) is 2.25. The molecule has 0 atom stereocenters. The zero-order chi connectivity index (χ0) is 10.8. The molecule has 15 heavy (non-hydrogen) atoms. The Morgan fingerprint density at radius 3 is 2.93 bits per heavy atom. The molecule has 2 aromatic heterocycles. The Balaban J connectivity index is 2.64. The largest absolute Gasteiger partial charge is 0.312 e. The van der Waals surface area contributed by atoms with Crippen LogP contribution in [-0.2, 0) is 0 Å². The van der Waals surface area contributed by atoms with Crippen molar-refractivity contribution >= 4 is 27.5 Å². The molecule has 0 aliphatic carbocycles. The molecule has 76 valence electrons. The molecule has 2 rings (SSSR count). The standard InChI is InChI=1S/C9H5BrClN3O/c10-6-1-5(2-12-3-6)8-7(11)9(15)14-4-13-8/h1-4H,(H,13,14,15). The van der Waals surface area contributed by atoms with Gasteiger partial charge in [0.05, 0.1) is 12.0 Å². The summed E-state index contributed by atoms with van der Waals surface area (Å²) in [6.45, 7) is 0. The van der Waals surface area contributed by atoms with E-state index < -0.39 is 0 Å². The molecule has 0 aliphatic rings. The van der Waals surface area contributed by atoms with Crippen molar-refractivity contribution in [3.05, 3.63) is 44.6 Å². The van der Waals surface area contributed by atoms with Crippen LogP contribution in [0.5, 0.6) is 0 Å². The van der Waals surface area contributed by atoms with Crippen LogP contribution in [0.2, 0.25) is 5.02 Å². The first kappa shape index (κ1) is 10.3. The third-order valence-corrected chi connectivity index (χ3v) is 2.56. The van der Waals surface area contributed by atoms with Crippen LogP contribution in [-0.4, -0.2) is 15.0 Å². The smallest absolute Gasteiger partial charge is 0.270 e. The third kappa shape index (κ3) is 2.08. The van der Waals surface area contributed by atoms with Gasteiger partial charge in [0.1, 0.15) is 5.02 Å². The number of rotatable bonds is 1. The maximum Gasteiger partial charge on any atom is 0.270 e. The minimum Gasteiger partial charge on any atom is -0.312 e. The highest BCUT2D eigenvalue weighted by molar-refractivity contribution is 9.10. The average molecular weight is 287 g/mol. The van der Waals surface area contributed by atoms with E-state index >= 15 is 0 Å². The summed E-state index contributed by atoms with van der Waals surface area (Å²) in [5.74, 6) is 0. The summed E-state index contributed by atoms with van der Waals surface area (Å²) in [4.78, 5) is 21.6. The minimum atomic E-state index is -0.360. The fraction of sp³-hybridized carbons (Fsp3) is 0. The highest BCUT2D eigenvalue weighted by Crippen LogP contribution is 2.23. The summed E-state index contributed by atoms with van der Waals surface area (Å²) in [6.07, 6.45) is 4.55. The molecule has 2 aromatic rings. The molecule has 6 heteroatoms. The molecule has 4 nitrogen and oxygen atoms in total. The first-order valence-electron chi connectivity index (χ1n) is 4.02. The molecule has 1 N–H and O–H groups in total. The van der Waals surface area contributed by atoms with Gasteiger partial charge in [-0.3, -0.25) is 9.78 Å². The van der Waals surface area contributed by atoms with Crippen molar-refractivity contribution in [2.45, 2.75) is 0 Å². The van der Waals surface area contributed by atoms with Crippen molar-refractivity contribution in [1.29, 1.82) is 0 Å². The highest BCUT2D eigenvalue weighted by Gasteiger charge is 2.08. The van der Waals surface area contributed by atoms with Gasteiger partial charge in [-0.25, -0.2) is 4.98 Å². The van der Waals surface area contributed by atoms with Crippen LogP contribution < -0.4 is 5.56 Å². The van der Waals surface area contributed by atoms with Gasteiger partial charge < -0.3 is 4.98 Å². The molecule has 0 radical (unpaired) electrons. The number of hydrogen-bond donors (Lipinski definition) is 1. The Labute approximate surface area is 98.5 Å². The Kier molecular flexibility index (Phi) is 2.83. The van der Waals surface area contributed by atoms with Gasteiger partial charge in [-0.2, -0.15) is 0 Å². The summed E-state index contributed by atoms with van der Waals surface area (Å²) in [5.41, 5.74) is 0.760. The molecule has 0 spiro atoms. The van der Waals surface area contributed by atoms with Crippen molar-refractivity contribution in [2.75, 3.05) is 0 Å². The van der Waals surface area contributed by atoms with Crippen LogP contribution in [0.4, 0.5) is 0 Å². The number of pyridine rings is 1. The van der Waals surface area contributed by atoms with E-state index in [0.29, 0.717) is 11.3 Å². The number of halogens is 2. The Morgan fingerprint density at radius 2 is 2.20 bits per heavy atom. The van der Waals surface area contributed by atoms with Crippen LogP contribution in [0.1, 0.15) is 0 Å². The maximum absolute atomic E-state index is 11.2. The summed E-state index contributed by atoms with van der Waals surface area (Å²) in [6, 6.07) is 1.79. The number of H-pyrrole nitrogens is 1. The van der Waals surface area contributed by atoms with Crippen LogP contribution in [0.15, 0.2) is 34.1 Å². The maximum atomic E-state index is 11.2. The number of aromatic nitrogens is 3. The Hall–Kier alpha value is -1.20. The minimum absolute atomic E-state index is 0.0670. The zero-order valence-electron chi connectivity index (χ0n) is 7.37. The van der Waals surface area contributed by atoms with Gasteiger partial charge in [0.2, 0.25) is 0 Å². The van der Waals surface area contributed by atoms with Crippen LogP contribution in [0.3, 0.4) is 0 Å². The van der Waals surface area contributed by atoms with Gasteiger partial charge in [-0.15, -0.1) is 0 Å². The Bertz CT molecular complexity index is 555. The van der Waals surface area contributed by atoms with E-state index in [9.17, 15) is 4.79 Å². The van der Waals surface area contributed by atoms with E-state index in [1.165, 1.54) is 6.33 Å². The van der Waals surface area contributed by atoms with Crippen molar-refractivity contribution in [2.24, 2.45) is 0 Å². The van der Waals surface area contributed by atoms with E-state index in [-0.39, 0.29) is 10.6 Å². The molecule has 0 fully saturated rings. The zero-order valence-corrected chi connectivity index (χ0v) is 9.71. The summed E-state index contributed by atoms with van der Waals surface area (Å²) in [5, 5.41) is 0.0670. The second-order valence-corrected chi connectivity index (χ2v) is 4.08. The number of nitrogens with zero attached hydrogens (tertiary/aromatic N) is 2. The number of aromatic amines is 1. The normalized spacial score (nSPS) is 10.3. The molecule has 0 saturated carbocycles. The molecular formula is C9H5BrClN3O. The SMILES string of the molecule is O=c1[nH]cnc(-c2cncc(Br)c2)c1Cl. The molecule has 0 saturated heterocycles. The van der Waals surface area contributed by atoms with Gasteiger partial charge in [0.25, 0.3) is 5.56 Å². The second-order valence-electron chi connectivity index (χ2n) is 2.79. The predicted molar refractivity (Wildman–Crippen MR) is 60.8 cm³/mol. The van der Waals surface area contributed by atoms with Gasteiger partial charge in [-0.05, 0) is 22.0 Å². The average Bonchev–Trinajstić information content (AvgIpc) is 2.22. The molecule has 0 bridgehead atoms. The second kappa shape index (κ2) is 4.12. The van der Waals surface area contributed by atoms with Crippen LogP contribution >= 0.6 is 27.5 Å². The van der Waals surface area contributed by atoms with Crippen LogP contribution in [0.25, 0.3) is 11.3 Å². The van der Waals surface area contributed by atoms with Crippen LogP contribution in [0, 0.1) is 0 Å². The van der Waals surface area contributed by atoms with E-state index in [4.69, 9.17) is 11.6 Å². The molecular weight excluding hydrogens is 281 g/mol. The number of nitrogens with one attached hydrogen (secondary N) is 1. The fourth-order valence-electron chi connectivity index (χ4n) is 1.13. The van der Waals surface area contributed by atoms with Gasteiger partial charge >= 0.3 is 0 Å². The third-order valence-electron chi connectivity index (χ3n) is 1.77. The van der Waals surface area contributed by atoms with E-state index in [2.05, 4.69) is 30.9 Å². The Morgan fingerprint density at radius 1 is 1.40 bits per heavy atom. The summed E-state index contributed by atoms with van der Waals surface area (Å²) < 4.78 is 0.804. The van der Waals surface area contributed by atoms with E-state index in [1.54, 1.807) is 18.5 Å². The lowest BCUT2D eigenvalue weighted by atomic mass is 10.2. The van der Waals surface area contributed by atoms with E-state index in [1.807, 2.05) is 0 Å². The lowest BCUT2D eigenvalue weighted by molar-refractivity contribution is 1.12. The summed E-state index contributed by atoms with van der Waals surface area (Å²) >= 11 is 9.11. The lowest BCUT2D eigenvalue weighted by Gasteiger charge is -2.01. The lowest BCUT2D eigenvalue weighted by Crippen LogP contribution is -2.07. The molecule has 0 unspecified atom stereocenters. The van der Waals surface area contributed by atoms with Crippen molar-refractivity contribution in [1.82, 2.24) is 15.0 Å². The molecule has 2 heterocycles. The molecule has 0 aromatic carbocycles. The van der Waals surface area contributed by atoms with Gasteiger partial charge in [0, 0.05) is 22.4 Å². The quantitative estimate of drug-likeness (QED) is 0.874. The van der Waals surface area contributed by atoms with Crippen molar-refractivity contribution in [3.63, 3.8) is 0 Å². The van der Waals surface area contributed by atoms with Gasteiger partial charge in [-0.1, -0.05) is 11.6 Å². The van der Waals surface area contributed by atoms with Crippen molar-refractivity contribution in [3.8, 4) is 11.3 Å². The monoisotopic (exact) mass is 285 g/mol. The van der Waals surface area contributed by atoms with Gasteiger partial charge in [0.15, 0.2) is 0 Å². The first-order valence-corrected chi connectivity index (χ1v) is 5.19. The summed E-state index contributed by atoms with van der Waals surface area (Å²) in [7, 11) is 0. The highest BCUT2D eigenvalue weighted by atomic mass is 79.9. The first-order chi connectivity index (χ1) is 7.18. The van der Waals surface area contributed by atoms with E-state index in [0.717, 1.165) is 4.47 Å².